The predicted molar refractivity (Wildman–Crippen MR) is 78.2 cm³/mol. The molecule has 0 aromatic carbocycles. The van der Waals surface area contributed by atoms with Crippen molar-refractivity contribution in [2.45, 2.75) is 19.3 Å². The second kappa shape index (κ2) is 8.55. The largest absolute Gasteiger partial charge is 0.389 e. The van der Waals surface area contributed by atoms with Crippen molar-refractivity contribution in [2.24, 2.45) is 5.73 Å². The Hall–Kier alpha value is -1.53. The average molecular weight is 281 g/mol. The molecular weight excluding hydrogens is 262 g/mol. The van der Waals surface area contributed by atoms with E-state index >= 15 is 0 Å². The van der Waals surface area contributed by atoms with Gasteiger partial charge in [-0.15, -0.1) is 0 Å². The number of rotatable bonds is 8. The maximum absolute atomic E-state index is 11.8. The molecular formula is C13H19N3O2S. The van der Waals surface area contributed by atoms with E-state index in [1.807, 2.05) is 0 Å². The van der Waals surface area contributed by atoms with E-state index < -0.39 is 0 Å². The van der Waals surface area contributed by atoms with E-state index in [2.05, 4.69) is 10.3 Å². The third kappa shape index (κ3) is 5.76. The van der Waals surface area contributed by atoms with Crippen molar-refractivity contribution in [1.82, 2.24) is 10.3 Å². The van der Waals surface area contributed by atoms with E-state index in [1.165, 1.54) is 6.20 Å². The first-order valence-electron chi connectivity index (χ1n) is 6.18. The summed E-state index contributed by atoms with van der Waals surface area (Å²) in [4.78, 5) is 16.1. The third-order valence-corrected chi connectivity index (χ3v) is 2.83. The molecule has 1 aromatic rings. The van der Waals surface area contributed by atoms with Crippen LogP contribution in [0.15, 0.2) is 18.3 Å². The van der Waals surface area contributed by atoms with Gasteiger partial charge in [0.15, 0.2) is 0 Å². The Balaban J connectivity index is 2.31. The van der Waals surface area contributed by atoms with E-state index in [0.29, 0.717) is 17.8 Å². The average Bonchev–Trinajstić information content (AvgIpc) is 2.42. The van der Waals surface area contributed by atoms with Gasteiger partial charge in [-0.3, -0.25) is 9.78 Å². The van der Waals surface area contributed by atoms with Gasteiger partial charge in [0.05, 0.1) is 0 Å². The topological polar surface area (TPSA) is 77.2 Å². The molecule has 1 rings (SSSR count). The molecule has 6 heteroatoms. The van der Waals surface area contributed by atoms with Crippen LogP contribution < -0.4 is 11.1 Å². The Morgan fingerprint density at radius 3 is 2.79 bits per heavy atom. The summed E-state index contributed by atoms with van der Waals surface area (Å²) >= 11 is 4.82. The molecule has 0 fully saturated rings. The zero-order valence-corrected chi connectivity index (χ0v) is 11.8. The number of aromatic nitrogens is 1. The molecule has 0 atom stereocenters. The smallest absolute Gasteiger partial charge is 0.269 e. The van der Waals surface area contributed by atoms with Gasteiger partial charge in [-0.25, -0.2) is 0 Å². The highest BCUT2D eigenvalue weighted by Crippen LogP contribution is 2.01. The van der Waals surface area contributed by atoms with E-state index in [0.717, 1.165) is 25.9 Å². The molecule has 0 aliphatic carbocycles. The summed E-state index contributed by atoms with van der Waals surface area (Å²) < 4.78 is 4.95. The normalized spacial score (nSPS) is 10.2. The first kappa shape index (κ1) is 15.5. The molecule has 0 aliphatic heterocycles. The lowest BCUT2D eigenvalue weighted by atomic mass is 10.2. The van der Waals surface area contributed by atoms with Gasteiger partial charge < -0.3 is 15.8 Å². The zero-order chi connectivity index (χ0) is 14.1. The van der Waals surface area contributed by atoms with Crippen LogP contribution in [0.2, 0.25) is 0 Å². The lowest BCUT2D eigenvalue weighted by molar-refractivity contribution is 0.0947. The number of carbonyl (C=O) groups excluding carboxylic acids is 1. The lowest BCUT2D eigenvalue weighted by Crippen LogP contribution is -2.25. The summed E-state index contributed by atoms with van der Waals surface area (Å²) in [6.07, 6.45) is 4.48. The van der Waals surface area contributed by atoms with Crippen molar-refractivity contribution in [3.05, 3.63) is 29.6 Å². The standard InChI is InChI=1S/C13H19N3O2S/c1-18-8-4-2-3-7-15-13(17)11-6-5-10(9-16-11)12(14)19/h5-6,9H,2-4,7-8H2,1H3,(H2,14,19)(H,15,17). The summed E-state index contributed by atoms with van der Waals surface area (Å²) in [5.41, 5.74) is 6.49. The number of unbranched alkanes of at least 4 members (excludes halogenated alkanes) is 2. The number of carbonyl (C=O) groups is 1. The SMILES string of the molecule is COCCCCCNC(=O)c1ccc(C(N)=S)cn1. The number of pyridine rings is 1. The molecule has 1 aromatic heterocycles. The summed E-state index contributed by atoms with van der Waals surface area (Å²) in [7, 11) is 1.68. The van der Waals surface area contributed by atoms with Gasteiger partial charge in [0.1, 0.15) is 10.7 Å². The molecule has 0 unspecified atom stereocenters. The Bertz CT molecular complexity index is 420. The fourth-order valence-electron chi connectivity index (χ4n) is 1.51. The molecule has 19 heavy (non-hydrogen) atoms. The second-order valence-corrected chi connectivity index (χ2v) is 4.55. The number of nitrogens with zero attached hydrogens (tertiary/aromatic N) is 1. The van der Waals surface area contributed by atoms with Crippen LogP contribution in [0.5, 0.6) is 0 Å². The maximum atomic E-state index is 11.8. The molecule has 0 radical (unpaired) electrons. The minimum Gasteiger partial charge on any atom is -0.389 e. The van der Waals surface area contributed by atoms with Crippen molar-refractivity contribution in [3.63, 3.8) is 0 Å². The van der Waals surface area contributed by atoms with Gasteiger partial charge in [-0.2, -0.15) is 0 Å². The Morgan fingerprint density at radius 1 is 1.42 bits per heavy atom. The first-order valence-corrected chi connectivity index (χ1v) is 6.59. The fourth-order valence-corrected chi connectivity index (χ4v) is 1.64. The van der Waals surface area contributed by atoms with Gasteiger partial charge in [0.2, 0.25) is 0 Å². The van der Waals surface area contributed by atoms with Crippen LogP contribution in [0.25, 0.3) is 0 Å². The van der Waals surface area contributed by atoms with Gasteiger partial charge in [0, 0.05) is 32.0 Å². The second-order valence-electron chi connectivity index (χ2n) is 4.11. The number of hydrogen-bond acceptors (Lipinski definition) is 4. The summed E-state index contributed by atoms with van der Waals surface area (Å²) in [5, 5.41) is 2.82. The maximum Gasteiger partial charge on any atom is 0.269 e. The monoisotopic (exact) mass is 281 g/mol. The highest BCUT2D eigenvalue weighted by Gasteiger charge is 2.06. The highest BCUT2D eigenvalue weighted by atomic mass is 32.1. The number of methoxy groups -OCH3 is 1. The van der Waals surface area contributed by atoms with Crippen LogP contribution in [0.1, 0.15) is 35.3 Å². The van der Waals surface area contributed by atoms with E-state index in [-0.39, 0.29) is 10.9 Å². The number of amides is 1. The summed E-state index contributed by atoms with van der Waals surface area (Å²) in [6, 6.07) is 3.32. The molecule has 0 bridgehead atoms. The van der Waals surface area contributed by atoms with E-state index in [4.69, 9.17) is 22.7 Å². The Labute approximate surface area is 118 Å². The van der Waals surface area contributed by atoms with Gasteiger partial charge in [0.25, 0.3) is 5.91 Å². The Kier molecular flexibility index (Phi) is 6.99. The lowest BCUT2D eigenvalue weighted by Gasteiger charge is -2.05. The number of hydrogen-bond donors (Lipinski definition) is 2. The molecule has 0 aliphatic rings. The van der Waals surface area contributed by atoms with Crippen LogP contribution in [-0.4, -0.2) is 36.1 Å². The molecule has 5 nitrogen and oxygen atoms in total. The van der Waals surface area contributed by atoms with Crippen molar-refractivity contribution in [3.8, 4) is 0 Å². The van der Waals surface area contributed by atoms with Crippen molar-refractivity contribution >= 4 is 23.1 Å². The molecule has 1 amide bonds. The van der Waals surface area contributed by atoms with Crippen molar-refractivity contribution in [2.75, 3.05) is 20.3 Å². The Morgan fingerprint density at radius 2 is 2.21 bits per heavy atom. The van der Waals surface area contributed by atoms with Crippen molar-refractivity contribution in [1.29, 1.82) is 0 Å². The molecule has 3 N–H and O–H groups in total. The molecule has 1 heterocycles. The minimum atomic E-state index is -0.179. The van der Waals surface area contributed by atoms with Gasteiger partial charge in [-0.1, -0.05) is 12.2 Å². The molecule has 0 saturated carbocycles. The van der Waals surface area contributed by atoms with Crippen LogP contribution in [0, 0.1) is 0 Å². The van der Waals surface area contributed by atoms with E-state index in [1.54, 1.807) is 19.2 Å². The zero-order valence-electron chi connectivity index (χ0n) is 11.0. The van der Waals surface area contributed by atoms with Crippen LogP contribution in [0.3, 0.4) is 0 Å². The van der Waals surface area contributed by atoms with Gasteiger partial charge >= 0.3 is 0 Å². The molecule has 104 valence electrons. The summed E-state index contributed by atoms with van der Waals surface area (Å²) in [5.74, 6) is -0.179. The van der Waals surface area contributed by atoms with Crippen LogP contribution in [-0.2, 0) is 4.74 Å². The van der Waals surface area contributed by atoms with Crippen molar-refractivity contribution < 1.29 is 9.53 Å². The third-order valence-electron chi connectivity index (χ3n) is 2.59. The van der Waals surface area contributed by atoms with E-state index in [9.17, 15) is 4.79 Å². The fraction of sp³-hybridized carbons (Fsp3) is 0.462. The predicted octanol–water partition coefficient (Wildman–Crippen LogP) is 1.26. The molecule has 0 saturated heterocycles. The first-order chi connectivity index (χ1) is 9.15. The van der Waals surface area contributed by atoms with Gasteiger partial charge in [-0.05, 0) is 31.4 Å². The highest BCUT2D eigenvalue weighted by molar-refractivity contribution is 7.80. The number of ether oxygens (including phenoxy) is 1. The van der Waals surface area contributed by atoms with Crippen LogP contribution in [0.4, 0.5) is 0 Å². The number of thiocarbonyl (C=S) groups is 1. The quantitative estimate of drug-likeness (QED) is 0.554. The minimum absolute atomic E-state index is 0.179. The van der Waals surface area contributed by atoms with Crippen LogP contribution >= 0.6 is 12.2 Å². The molecule has 0 spiro atoms. The number of nitrogens with two attached hydrogens (primary N) is 1. The number of nitrogens with one attached hydrogen (secondary N) is 1. The summed E-state index contributed by atoms with van der Waals surface area (Å²) in [6.45, 7) is 1.40.